The normalized spacial score (nSPS) is 16.8. The molecule has 0 aromatic heterocycles. The Kier molecular flexibility index (Phi) is 4.03. The molecule has 0 amide bonds. The van der Waals surface area contributed by atoms with Gasteiger partial charge in [0.15, 0.2) is 0 Å². The van der Waals surface area contributed by atoms with Crippen LogP contribution in [0.3, 0.4) is 0 Å². The monoisotopic (exact) mass is 204 g/mol. The van der Waals surface area contributed by atoms with Crippen LogP contribution < -0.4 is 10.6 Å². The Morgan fingerprint density at radius 1 is 1.00 bits per heavy atom. The third-order valence-corrected chi connectivity index (χ3v) is 3.02. The van der Waals surface area contributed by atoms with Crippen molar-refractivity contribution in [1.29, 1.82) is 0 Å². The molecule has 2 heteroatoms. The topological polar surface area (TPSA) is 24.1 Å². The van der Waals surface area contributed by atoms with Gasteiger partial charge in [-0.15, -0.1) is 0 Å². The van der Waals surface area contributed by atoms with Crippen LogP contribution in [-0.4, -0.2) is 19.1 Å². The highest BCUT2D eigenvalue weighted by Crippen LogP contribution is 2.17. The van der Waals surface area contributed by atoms with Crippen molar-refractivity contribution in [2.75, 3.05) is 18.4 Å². The van der Waals surface area contributed by atoms with Crippen molar-refractivity contribution in [2.24, 2.45) is 0 Å². The van der Waals surface area contributed by atoms with Gasteiger partial charge in [-0.3, -0.25) is 0 Å². The van der Waals surface area contributed by atoms with Crippen molar-refractivity contribution in [2.45, 2.75) is 31.7 Å². The van der Waals surface area contributed by atoms with Crippen molar-refractivity contribution >= 4 is 5.69 Å². The van der Waals surface area contributed by atoms with Crippen molar-refractivity contribution in [3.05, 3.63) is 30.3 Å². The molecule has 0 saturated heterocycles. The highest BCUT2D eigenvalue weighted by atomic mass is 15.0. The van der Waals surface area contributed by atoms with Crippen LogP contribution in [0, 0.1) is 0 Å². The minimum absolute atomic E-state index is 0.780. The minimum Gasteiger partial charge on any atom is -0.384 e. The molecule has 0 spiro atoms. The van der Waals surface area contributed by atoms with Crippen LogP contribution in [0.1, 0.15) is 25.7 Å². The molecule has 2 nitrogen and oxygen atoms in total. The highest BCUT2D eigenvalue weighted by molar-refractivity contribution is 5.42. The summed E-state index contributed by atoms with van der Waals surface area (Å²) in [5.74, 6) is 0. The van der Waals surface area contributed by atoms with E-state index in [0.29, 0.717) is 0 Å². The molecule has 82 valence electrons. The fourth-order valence-electron chi connectivity index (χ4n) is 2.17. The van der Waals surface area contributed by atoms with Gasteiger partial charge in [-0.05, 0) is 25.0 Å². The Bertz CT molecular complexity index is 265. The number of nitrogens with one attached hydrogen (secondary N) is 2. The molecule has 15 heavy (non-hydrogen) atoms. The van der Waals surface area contributed by atoms with Crippen LogP contribution in [0.15, 0.2) is 30.3 Å². The molecule has 1 aliphatic carbocycles. The molecule has 2 rings (SSSR count). The predicted molar refractivity (Wildman–Crippen MR) is 65.2 cm³/mol. The molecular weight excluding hydrogens is 184 g/mol. The molecule has 0 aliphatic heterocycles. The fourth-order valence-corrected chi connectivity index (χ4v) is 2.17. The maximum atomic E-state index is 3.59. The second-order valence-corrected chi connectivity index (χ2v) is 4.23. The summed E-state index contributed by atoms with van der Waals surface area (Å²) >= 11 is 0. The SMILES string of the molecule is c1ccc(NCCNC2CCCC2)cc1. The van der Waals surface area contributed by atoms with Gasteiger partial charge < -0.3 is 10.6 Å². The molecule has 0 radical (unpaired) electrons. The lowest BCUT2D eigenvalue weighted by molar-refractivity contribution is 0.536. The predicted octanol–water partition coefficient (Wildman–Crippen LogP) is 2.63. The van der Waals surface area contributed by atoms with Gasteiger partial charge in [-0.1, -0.05) is 31.0 Å². The lowest BCUT2D eigenvalue weighted by Crippen LogP contribution is -2.30. The molecule has 0 unspecified atom stereocenters. The molecular formula is C13H20N2. The van der Waals surface area contributed by atoms with Crippen molar-refractivity contribution in [1.82, 2.24) is 5.32 Å². The Morgan fingerprint density at radius 2 is 1.73 bits per heavy atom. The van der Waals surface area contributed by atoms with Crippen molar-refractivity contribution < 1.29 is 0 Å². The maximum Gasteiger partial charge on any atom is 0.0340 e. The zero-order chi connectivity index (χ0) is 10.3. The summed E-state index contributed by atoms with van der Waals surface area (Å²) in [6.07, 6.45) is 5.55. The molecule has 1 aliphatic rings. The van der Waals surface area contributed by atoms with Crippen molar-refractivity contribution in [3.8, 4) is 0 Å². The van der Waals surface area contributed by atoms with Gasteiger partial charge in [-0.25, -0.2) is 0 Å². The first-order chi connectivity index (χ1) is 7.45. The molecule has 1 fully saturated rings. The first-order valence-corrected chi connectivity index (χ1v) is 5.97. The van der Waals surface area contributed by atoms with Gasteiger partial charge in [0, 0.05) is 24.8 Å². The number of para-hydroxylation sites is 1. The van der Waals surface area contributed by atoms with Gasteiger partial charge >= 0.3 is 0 Å². The number of benzene rings is 1. The molecule has 0 heterocycles. The van der Waals surface area contributed by atoms with Gasteiger partial charge in [0.2, 0.25) is 0 Å². The summed E-state index contributed by atoms with van der Waals surface area (Å²) < 4.78 is 0. The van der Waals surface area contributed by atoms with E-state index in [1.807, 2.05) is 6.07 Å². The Labute approximate surface area is 92.1 Å². The largest absolute Gasteiger partial charge is 0.384 e. The van der Waals surface area contributed by atoms with E-state index in [4.69, 9.17) is 0 Å². The zero-order valence-electron chi connectivity index (χ0n) is 9.21. The van der Waals surface area contributed by atoms with E-state index >= 15 is 0 Å². The van der Waals surface area contributed by atoms with E-state index in [9.17, 15) is 0 Å². The summed E-state index contributed by atoms with van der Waals surface area (Å²) in [5.41, 5.74) is 1.21. The van der Waals surface area contributed by atoms with Crippen LogP contribution >= 0.6 is 0 Å². The second kappa shape index (κ2) is 5.76. The second-order valence-electron chi connectivity index (χ2n) is 4.23. The summed E-state index contributed by atoms with van der Waals surface area (Å²) in [4.78, 5) is 0. The highest BCUT2D eigenvalue weighted by Gasteiger charge is 2.12. The lowest BCUT2D eigenvalue weighted by atomic mass is 10.2. The van der Waals surface area contributed by atoms with Crippen molar-refractivity contribution in [3.63, 3.8) is 0 Å². The number of rotatable bonds is 5. The zero-order valence-corrected chi connectivity index (χ0v) is 9.21. The van der Waals surface area contributed by atoms with E-state index < -0.39 is 0 Å². The quantitative estimate of drug-likeness (QED) is 0.720. The molecule has 0 atom stereocenters. The molecule has 2 N–H and O–H groups in total. The van der Waals surface area contributed by atoms with Crippen LogP contribution in [0.25, 0.3) is 0 Å². The number of hydrogen-bond donors (Lipinski definition) is 2. The first kappa shape index (κ1) is 10.5. The summed E-state index contributed by atoms with van der Waals surface area (Å²) in [5, 5.41) is 7.00. The van der Waals surface area contributed by atoms with E-state index in [-0.39, 0.29) is 0 Å². The van der Waals surface area contributed by atoms with Crippen LogP contribution in [0.4, 0.5) is 5.69 Å². The molecule has 1 aromatic carbocycles. The third-order valence-electron chi connectivity index (χ3n) is 3.02. The molecule has 0 bridgehead atoms. The Balaban J connectivity index is 1.59. The van der Waals surface area contributed by atoms with Gasteiger partial charge in [0.05, 0.1) is 0 Å². The smallest absolute Gasteiger partial charge is 0.0340 e. The Morgan fingerprint density at radius 3 is 2.47 bits per heavy atom. The molecule has 1 aromatic rings. The van der Waals surface area contributed by atoms with Crippen LogP contribution in [0.2, 0.25) is 0 Å². The lowest BCUT2D eigenvalue weighted by Gasteiger charge is -2.12. The van der Waals surface area contributed by atoms with E-state index in [0.717, 1.165) is 19.1 Å². The van der Waals surface area contributed by atoms with Crippen LogP contribution in [0.5, 0.6) is 0 Å². The summed E-state index contributed by atoms with van der Waals surface area (Å²) in [7, 11) is 0. The van der Waals surface area contributed by atoms with E-state index in [1.165, 1.54) is 31.4 Å². The number of hydrogen-bond acceptors (Lipinski definition) is 2. The van der Waals surface area contributed by atoms with Crippen LogP contribution in [-0.2, 0) is 0 Å². The van der Waals surface area contributed by atoms with E-state index in [1.54, 1.807) is 0 Å². The summed E-state index contributed by atoms with van der Waals surface area (Å²) in [6.45, 7) is 2.08. The van der Waals surface area contributed by atoms with Gasteiger partial charge in [0.25, 0.3) is 0 Å². The maximum absolute atomic E-state index is 3.59. The Hall–Kier alpha value is -1.02. The minimum atomic E-state index is 0.780. The third kappa shape index (κ3) is 3.56. The van der Waals surface area contributed by atoms with Gasteiger partial charge in [-0.2, -0.15) is 0 Å². The average molecular weight is 204 g/mol. The van der Waals surface area contributed by atoms with Gasteiger partial charge in [0.1, 0.15) is 0 Å². The standard InChI is InChI=1S/C13H20N2/c1-2-6-12(7-3-1)14-10-11-15-13-8-4-5-9-13/h1-3,6-7,13-15H,4-5,8-11H2. The number of anilines is 1. The van der Waals surface area contributed by atoms with E-state index in [2.05, 4.69) is 34.9 Å². The fraction of sp³-hybridized carbons (Fsp3) is 0.538. The summed E-state index contributed by atoms with van der Waals surface area (Å²) in [6, 6.07) is 11.2. The molecule has 1 saturated carbocycles. The first-order valence-electron chi connectivity index (χ1n) is 5.97. The average Bonchev–Trinajstić information content (AvgIpc) is 2.79.